The van der Waals surface area contributed by atoms with E-state index in [1.54, 1.807) is 15.8 Å². The molecule has 2 aromatic heterocycles. The van der Waals surface area contributed by atoms with Crippen molar-refractivity contribution in [3.63, 3.8) is 0 Å². The first-order valence-electron chi connectivity index (χ1n) is 9.00. The number of likely N-dealkylation sites (tertiary alicyclic amines) is 1. The number of nitrogens with two attached hydrogens (primary N) is 1. The van der Waals surface area contributed by atoms with E-state index in [-0.39, 0.29) is 17.7 Å². The van der Waals surface area contributed by atoms with Gasteiger partial charge in [-0.15, -0.1) is 0 Å². The fourth-order valence-electron chi connectivity index (χ4n) is 3.51. The summed E-state index contributed by atoms with van der Waals surface area (Å²) in [5.41, 5.74) is 6.81. The second kappa shape index (κ2) is 7.11. The Hall–Kier alpha value is -3.35. The smallest absolute Gasteiger partial charge is 0.259 e. The molecule has 1 fully saturated rings. The molecule has 1 aliphatic rings. The van der Waals surface area contributed by atoms with Gasteiger partial charge in [-0.1, -0.05) is 18.2 Å². The van der Waals surface area contributed by atoms with Crippen molar-refractivity contribution < 1.29 is 9.59 Å². The quantitative estimate of drug-likeness (QED) is 0.769. The third-order valence-electron chi connectivity index (χ3n) is 5.01. The van der Waals surface area contributed by atoms with Crippen molar-refractivity contribution in [1.29, 1.82) is 0 Å². The third kappa shape index (κ3) is 3.23. The number of rotatable bonds is 4. The molecule has 7 nitrogen and oxygen atoms in total. The average Bonchev–Trinajstić information content (AvgIpc) is 3.37. The van der Waals surface area contributed by atoms with Crippen LogP contribution in [0, 0.1) is 5.92 Å². The Bertz CT molecular complexity index is 938. The summed E-state index contributed by atoms with van der Waals surface area (Å²) in [7, 11) is 0. The second-order valence-electron chi connectivity index (χ2n) is 6.69. The van der Waals surface area contributed by atoms with Crippen LogP contribution in [-0.2, 0) is 4.79 Å². The van der Waals surface area contributed by atoms with Crippen molar-refractivity contribution in [3.8, 4) is 11.5 Å². The summed E-state index contributed by atoms with van der Waals surface area (Å²) in [6.07, 6.45) is 6.61. The highest BCUT2D eigenvalue weighted by Gasteiger charge is 2.29. The van der Waals surface area contributed by atoms with Crippen LogP contribution < -0.4 is 5.73 Å². The van der Waals surface area contributed by atoms with Crippen LogP contribution in [0.5, 0.6) is 0 Å². The highest BCUT2D eigenvalue weighted by atomic mass is 16.2. The Morgan fingerprint density at radius 2 is 1.67 bits per heavy atom. The number of primary amides is 1. The van der Waals surface area contributed by atoms with Crippen LogP contribution >= 0.6 is 0 Å². The Morgan fingerprint density at radius 3 is 2.30 bits per heavy atom. The number of benzene rings is 1. The summed E-state index contributed by atoms with van der Waals surface area (Å²) >= 11 is 0. The van der Waals surface area contributed by atoms with Gasteiger partial charge in [-0.3, -0.25) is 9.59 Å². The van der Waals surface area contributed by atoms with Crippen LogP contribution in [0.25, 0.3) is 11.5 Å². The van der Waals surface area contributed by atoms with Gasteiger partial charge in [0.15, 0.2) is 5.82 Å². The summed E-state index contributed by atoms with van der Waals surface area (Å²) in [6.45, 7) is 1.04. The normalized spacial score (nSPS) is 15.0. The molecule has 4 rings (SSSR count). The number of para-hydroxylation sites is 1. The zero-order valence-electron chi connectivity index (χ0n) is 14.9. The van der Waals surface area contributed by atoms with E-state index < -0.39 is 0 Å². The fourth-order valence-corrected chi connectivity index (χ4v) is 3.51. The number of piperidine rings is 1. The van der Waals surface area contributed by atoms with Crippen molar-refractivity contribution in [2.24, 2.45) is 11.7 Å². The fraction of sp³-hybridized carbons (Fsp3) is 0.250. The first-order valence-corrected chi connectivity index (χ1v) is 9.00. The topological polar surface area (TPSA) is 86.2 Å². The highest BCUT2D eigenvalue weighted by Crippen LogP contribution is 2.24. The molecule has 2 amide bonds. The number of carbonyl (C=O) groups excluding carboxylic acids is 2. The molecule has 3 aromatic rings. The van der Waals surface area contributed by atoms with Gasteiger partial charge in [0.25, 0.3) is 5.91 Å². The second-order valence-corrected chi connectivity index (χ2v) is 6.69. The molecule has 0 unspecified atom stereocenters. The lowest BCUT2D eigenvalue weighted by Crippen LogP contribution is -2.41. The number of hydrogen-bond acceptors (Lipinski definition) is 3. The van der Waals surface area contributed by atoms with E-state index in [0.29, 0.717) is 37.3 Å². The maximum absolute atomic E-state index is 13.2. The molecular formula is C20H21N5O2. The molecule has 138 valence electrons. The molecule has 27 heavy (non-hydrogen) atoms. The summed E-state index contributed by atoms with van der Waals surface area (Å²) in [4.78, 5) is 26.3. The molecule has 0 saturated carbocycles. The minimum atomic E-state index is -0.285. The molecule has 0 radical (unpaired) electrons. The number of nitrogens with zero attached hydrogens (tertiary/aromatic N) is 4. The number of carbonyl (C=O) groups is 2. The van der Waals surface area contributed by atoms with E-state index in [1.807, 2.05) is 59.4 Å². The Balaban J connectivity index is 1.68. The van der Waals surface area contributed by atoms with Crippen molar-refractivity contribution in [2.75, 3.05) is 13.1 Å². The van der Waals surface area contributed by atoms with Gasteiger partial charge in [-0.2, -0.15) is 5.10 Å². The summed E-state index contributed by atoms with van der Waals surface area (Å²) in [6, 6.07) is 13.5. The van der Waals surface area contributed by atoms with Gasteiger partial charge in [-0.25, -0.2) is 4.68 Å². The molecule has 1 saturated heterocycles. The van der Waals surface area contributed by atoms with Gasteiger partial charge in [0.1, 0.15) is 5.56 Å². The maximum atomic E-state index is 13.2. The van der Waals surface area contributed by atoms with Crippen LogP contribution in [0.4, 0.5) is 0 Å². The Kier molecular flexibility index (Phi) is 4.50. The van der Waals surface area contributed by atoms with E-state index in [4.69, 9.17) is 5.73 Å². The van der Waals surface area contributed by atoms with Gasteiger partial charge < -0.3 is 15.2 Å². The van der Waals surface area contributed by atoms with Crippen LogP contribution in [0.3, 0.4) is 0 Å². The molecule has 3 heterocycles. The van der Waals surface area contributed by atoms with Crippen LogP contribution in [0.2, 0.25) is 0 Å². The molecular weight excluding hydrogens is 342 g/mol. The standard InChI is InChI=1S/C20H21N5O2/c21-18(26)15-8-12-24(13-9-15)20(27)17-14-22-25(16-6-2-1-3-7-16)19(17)23-10-4-5-11-23/h1-7,10-11,14-15H,8-9,12-13H2,(H2,21,26). The van der Waals surface area contributed by atoms with Crippen molar-refractivity contribution >= 4 is 11.8 Å². The highest BCUT2D eigenvalue weighted by molar-refractivity contribution is 5.97. The molecule has 0 aliphatic carbocycles. The summed E-state index contributed by atoms with van der Waals surface area (Å²) < 4.78 is 3.66. The van der Waals surface area contributed by atoms with E-state index >= 15 is 0 Å². The monoisotopic (exact) mass is 363 g/mol. The first kappa shape index (κ1) is 17.1. The third-order valence-corrected chi connectivity index (χ3v) is 5.01. The van der Waals surface area contributed by atoms with Gasteiger partial charge in [-0.05, 0) is 37.1 Å². The van der Waals surface area contributed by atoms with Gasteiger partial charge >= 0.3 is 0 Å². The largest absolute Gasteiger partial charge is 0.369 e. The van der Waals surface area contributed by atoms with E-state index in [9.17, 15) is 9.59 Å². The first-order chi connectivity index (χ1) is 13.1. The number of amides is 2. The predicted octanol–water partition coefficient (Wildman–Crippen LogP) is 2.00. The Labute approximate surface area is 157 Å². The van der Waals surface area contributed by atoms with Gasteiger partial charge in [0.05, 0.1) is 11.9 Å². The molecule has 0 atom stereocenters. The molecule has 2 N–H and O–H groups in total. The molecule has 0 bridgehead atoms. The van der Waals surface area contributed by atoms with Gasteiger partial charge in [0.2, 0.25) is 5.91 Å². The van der Waals surface area contributed by atoms with E-state index in [2.05, 4.69) is 5.10 Å². The van der Waals surface area contributed by atoms with Crippen LogP contribution in [0.15, 0.2) is 61.1 Å². The molecule has 1 aliphatic heterocycles. The molecule has 7 heteroatoms. The maximum Gasteiger partial charge on any atom is 0.259 e. The lowest BCUT2D eigenvalue weighted by Gasteiger charge is -2.30. The van der Waals surface area contributed by atoms with E-state index in [1.165, 1.54) is 0 Å². The zero-order valence-corrected chi connectivity index (χ0v) is 14.9. The minimum absolute atomic E-state index is 0.0798. The van der Waals surface area contributed by atoms with Crippen LogP contribution in [0.1, 0.15) is 23.2 Å². The lowest BCUT2D eigenvalue weighted by atomic mass is 9.96. The van der Waals surface area contributed by atoms with Crippen molar-refractivity contribution in [2.45, 2.75) is 12.8 Å². The van der Waals surface area contributed by atoms with Crippen LogP contribution in [-0.4, -0.2) is 44.2 Å². The molecule has 1 aromatic carbocycles. The predicted molar refractivity (Wildman–Crippen MR) is 101 cm³/mol. The SMILES string of the molecule is NC(=O)C1CCN(C(=O)c2cnn(-c3ccccc3)c2-n2cccc2)CC1. The van der Waals surface area contributed by atoms with Crippen molar-refractivity contribution in [3.05, 3.63) is 66.6 Å². The molecule has 0 spiro atoms. The number of aromatic nitrogens is 3. The zero-order chi connectivity index (χ0) is 18.8. The van der Waals surface area contributed by atoms with Gasteiger partial charge in [0, 0.05) is 31.4 Å². The number of hydrogen-bond donors (Lipinski definition) is 1. The Morgan fingerprint density at radius 1 is 1.00 bits per heavy atom. The lowest BCUT2D eigenvalue weighted by molar-refractivity contribution is -0.123. The summed E-state index contributed by atoms with van der Waals surface area (Å²) in [5.74, 6) is 0.189. The van der Waals surface area contributed by atoms with E-state index in [0.717, 1.165) is 5.69 Å². The summed E-state index contributed by atoms with van der Waals surface area (Å²) in [5, 5.41) is 4.48. The average molecular weight is 363 g/mol. The minimum Gasteiger partial charge on any atom is -0.369 e. The van der Waals surface area contributed by atoms with Crippen molar-refractivity contribution in [1.82, 2.24) is 19.2 Å².